The molecule has 80 valence electrons. The third kappa shape index (κ3) is 1.46. The lowest BCUT2D eigenvalue weighted by molar-refractivity contribution is 0.595. The second-order valence-electron chi connectivity index (χ2n) is 3.99. The van der Waals surface area contributed by atoms with Gasteiger partial charge in [-0.2, -0.15) is 0 Å². The van der Waals surface area contributed by atoms with E-state index in [-0.39, 0.29) is 17.5 Å². The van der Waals surface area contributed by atoms with E-state index in [1.807, 2.05) is 25.3 Å². The van der Waals surface area contributed by atoms with E-state index in [1.54, 1.807) is 6.07 Å². The molecular weight excluding hydrogens is 193 g/mol. The Morgan fingerprint density at radius 3 is 2.67 bits per heavy atom. The van der Waals surface area contributed by atoms with Crippen molar-refractivity contribution in [2.45, 2.75) is 26.8 Å². The van der Waals surface area contributed by atoms with Crippen molar-refractivity contribution < 1.29 is 4.39 Å². The predicted octanol–water partition coefficient (Wildman–Crippen LogP) is 2.65. The molecule has 3 nitrogen and oxygen atoms in total. The molecule has 1 aromatic heterocycles. The van der Waals surface area contributed by atoms with Crippen LogP contribution >= 0.6 is 0 Å². The summed E-state index contributed by atoms with van der Waals surface area (Å²) in [4.78, 5) is 4.35. The second kappa shape index (κ2) is 3.22. The zero-order chi connectivity index (χ0) is 11.2. The van der Waals surface area contributed by atoms with Crippen molar-refractivity contribution in [2.75, 3.05) is 5.73 Å². The van der Waals surface area contributed by atoms with Gasteiger partial charge < -0.3 is 10.3 Å². The van der Waals surface area contributed by atoms with Crippen molar-refractivity contribution in [2.24, 2.45) is 0 Å². The molecule has 2 rings (SSSR count). The molecule has 4 heteroatoms. The van der Waals surface area contributed by atoms with Crippen molar-refractivity contribution in [1.82, 2.24) is 9.55 Å². The Morgan fingerprint density at radius 1 is 1.40 bits per heavy atom. The predicted molar refractivity (Wildman–Crippen MR) is 59.2 cm³/mol. The quantitative estimate of drug-likeness (QED) is 0.730. The Morgan fingerprint density at radius 2 is 2.07 bits per heavy atom. The normalized spacial score (nSPS) is 11.5. The molecule has 0 spiro atoms. The second-order valence-corrected chi connectivity index (χ2v) is 3.99. The van der Waals surface area contributed by atoms with Crippen molar-refractivity contribution >= 4 is 16.7 Å². The van der Waals surface area contributed by atoms with E-state index < -0.39 is 0 Å². The Hall–Kier alpha value is -1.58. The maximum absolute atomic E-state index is 13.3. The fourth-order valence-corrected chi connectivity index (χ4v) is 1.90. The van der Waals surface area contributed by atoms with Crippen molar-refractivity contribution in [3.8, 4) is 0 Å². The monoisotopic (exact) mass is 207 g/mol. The van der Waals surface area contributed by atoms with Crippen LogP contribution < -0.4 is 5.73 Å². The van der Waals surface area contributed by atoms with E-state index in [9.17, 15) is 4.39 Å². The van der Waals surface area contributed by atoms with Crippen LogP contribution in [0, 0.1) is 12.7 Å². The number of imidazole rings is 1. The zero-order valence-electron chi connectivity index (χ0n) is 9.08. The highest BCUT2D eigenvalue weighted by Crippen LogP contribution is 2.24. The minimum Gasteiger partial charge on any atom is -0.396 e. The smallest absolute Gasteiger partial charge is 0.148 e. The molecule has 1 heterocycles. The number of aryl methyl sites for hydroxylation is 1. The third-order valence-electron chi connectivity index (χ3n) is 2.50. The van der Waals surface area contributed by atoms with Crippen molar-refractivity contribution in [1.29, 1.82) is 0 Å². The van der Waals surface area contributed by atoms with E-state index in [0.29, 0.717) is 0 Å². The molecule has 2 N–H and O–H groups in total. The summed E-state index contributed by atoms with van der Waals surface area (Å²) in [6.45, 7) is 6.00. The highest BCUT2D eigenvalue weighted by atomic mass is 19.1. The van der Waals surface area contributed by atoms with Crippen LogP contribution in [0.2, 0.25) is 0 Å². The largest absolute Gasteiger partial charge is 0.396 e. The summed E-state index contributed by atoms with van der Waals surface area (Å²) in [6.07, 6.45) is 0. The summed E-state index contributed by atoms with van der Waals surface area (Å²) < 4.78 is 15.3. The van der Waals surface area contributed by atoms with Gasteiger partial charge in [0.1, 0.15) is 11.6 Å². The van der Waals surface area contributed by atoms with Gasteiger partial charge in [0.2, 0.25) is 0 Å². The molecule has 0 atom stereocenters. The van der Waals surface area contributed by atoms with Crippen LogP contribution in [0.4, 0.5) is 10.1 Å². The number of aromatic nitrogens is 2. The summed E-state index contributed by atoms with van der Waals surface area (Å²) in [5.74, 6) is 0.495. The lowest BCUT2D eigenvalue weighted by Crippen LogP contribution is -2.03. The molecule has 0 bridgehead atoms. The Kier molecular flexibility index (Phi) is 2.14. The van der Waals surface area contributed by atoms with Crippen LogP contribution in [0.15, 0.2) is 12.1 Å². The third-order valence-corrected chi connectivity index (χ3v) is 2.50. The molecule has 0 unspecified atom stereocenters. The molecule has 0 saturated carbocycles. The number of anilines is 1. The maximum Gasteiger partial charge on any atom is 0.148 e. The topological polar surface area (TPSA) is 43.8 Å². The molecule has 0 aliphatic carbocycles. The van der Waals surface area contributed by atoms with Gasteiger partial charge in [-0.25, -0.2) is 9.37 Å². The fraction of sp³-hybridized carbons (Fsp3) is 0.364. The van der Waals surface area contributed by atoms with Crippen molar-refractivity contribution in [3.05, 3.63) is 23.8 Å². The molecule has 0 radical (unpaired) electrons. The van der Waals surface area contributed by atoms with Gasteiger partial charge >= 0.3 is 0 Å². The van der Waals surface area contributed by atoms with Crippen LogP contribution in [-0.2, 0) is 0 Å². The fourth-order valence-electron chi connectivity index (χ4n) is 1.90. The number of benzene rings is 1. The van der Waals surface area contributed by atoms with E-state index in [4.69, 9.17) is 5.73 Å². The van der Waals surface area contributed by atoms with E-state index in [1.165, 1.54) is 6.07 Å². The van der Waals surface area contributed by atoms with E-state index in [2.05, 4.69) is 4.98 Å². The highest BCUT2D eigenvalue weighted by Gasteiger charge is 2.12. The van der Waals surface area contributed by atoms with Gasteiger partial charge in [-0.15, -0.1) is 0 Å². The van der Waals surface area contributed by atoms with Gasteiger partial charge in [0.15, 0.2) is 0 Å². The molecule has 1 aromatic carbocycles. The SMILES string of the molecule is Cc1nc2cc(N)c(F)cc2n1C(C)C. The number of rotatable bonds is 1. The first-order valence-electron chi connectivity index (χ1n) is 4.94. The zero-order valence-corrected chi connectivity index (χ0v) is 9.08. The summed E-state index contributed by atoms with van der Waals surface area (Å²) in [5, 5.41) is 0. The minimum atomic E-state index is -0.385. The minimum absolute atomic E-state index is 0.149. The highest BCUT2D eigenvalue weighted by molar-refractivity contribution is 5.80. The van der Waals surface area contributed by atoms with Gasteiger partial charge in [0.25, 0.3) is 0 Å². The van der Waals surface area contributed by atoms with Crippen LogP contribution in [-0.4, -0.2) is 9.55 Å². The number of halogens is 1. The van der Waals surface area contributed by atoms with Gasteiger partial charge in [0, 0.05) is 12.1 Å². The Labute approximate surface area is 87.7 Å². The number of nitrogens with two attached hydrogens (primary N) is 1. The summed E-state index contributed by atoms with van der Waals surface area (Å²) >= 11 is 0. The van der Waals surface area contributed by atoms with Crippen LogP contribution in [0.3, 0.4) is 0 Å². The molecule has 2 aromatic rings. The van der Waals surface area contributed by atoms with Crippen molar-refractivity contribution in [3.63, 3.8) is 0 Å². The number of hydrogen-bond donors (Lipinski definition) is 1. The molecule has 0 fully saturated rings. The number of fused-ring (bicyclic) bond motifs is 1. The molecule has 15 heavy (non-hydrogen) atoms. The summed E-state index contributed by atoms with van der Waals surface area (Å²) in [6, 6.07) is 3.29. The van der Waals surface area contributed by atoms with Crippen LogP contribution in [0.25, 0.3) is 11.0 Å². The van der Waals surface area contributed by atoms with E-state index in [0.717, 1.165) is 16.9 Å². The average Bonchev–Trinajstić information content (AvgIpc) is 2.41. The van der Waals surface area contributed by atoms with Gasteiger partial charge in [0.05, 0.1) is 16.7 Å². The Balaban J connectivity index is 2.81. The molecular formula is C11H14FN3. The Bertz CT molecular complexity index is 514. The van der Waals surface area contributed by atoms with Gasteiger partial charge in [-0.3, -0.25) is 0 Å². The molecule has 0 aliphatic rings. The molecule has 0 amide bonds. The van der Waals surface area contributed by atoms with Gasteiger partial charge in [-0.1, -0.05) is 0 Å². The maximum atomic E-state index is 13.3. The number of nitrogens with zero attached hydrogens (tertiary/aromatic N) is 2. The van der Waals surface area contributed by atoms with Crippen LogP contribution in [0.1, 0.15) is 25.7 Å². The molecule has 0 aliphatic heterocycles. The lowest BCUT2D eigenvalue weighted by Gasteiger charge is -2.10. The number of nitrogen functional groups attached to an aromatic ring is 1. The molecule has 0 saturated heterocycles. The van der Waals surface area contributed by atoms with E-state index >= 15 is 0 Å². The first-order chi connectivity index (χ1) is 7.00. The van der Waals surface area contributed by atoms with Gasteiger partial charge in [-0.05, 0) is 26.8 Å². The summed E-state index contributed by atoms with van der Waals surface area (Å²) in [7, 11) is 0. The standard InChI is InChI=1S/C11H14FN3/c1-6(2)15-7(3)14-10-5-9(13)8(12)4-11(10)15/h4-6H,13H2,1-3H3. The first kappa shape index (κ1) is 9.96. The summed E-state index contributed by atoms with van der Waals surface area (Å²) in [5.41, 5.74) is 7.20. The lowest BCUT2D eigenvalue weighted by atomic mass is 10.2. The number of hydrogen-bond acceptors (Lipinski definition) is 2. The first-order valence-corrected chi connectivity index (χ1v) is 4.94. The average molecular weight is 207 g/mol. The van der Waals surface area contributed by atoms with Crippen LogP contribution in [0.5, 0.6) is 0 Å².